The number of hydrogen-bond donors (Lipinski definition) is 3. The lowest BCUT2D eigenvalue weighted by Gasteiger charge is -2.43. The van der Waals surface area contributed by atoms with E-state index in [0.29, 0.717) is 11.3 Å². The number of amides is 1. The van der Waals surface area contributed by atoms with Gasteiger partial charge in [0.05, 0.1) is 12.0 Å². The van der Waals surface area contributed by atoms with Gasteiger partial charge in [-0.1, -0.05) is 11.8 Å². The first-order valence-corrected chi connectivity index (χ1v) is 8.57. The first-order chi connectivity index (χ1) is 9.40. The number of thioether (sulfide) groups is 2. The molecule has 0 bridgehead atoms. The molecule has 2 rings (SSSR count). The van der Waals surface area contributed by atoms with E-state index in [2.05, 4.69) is 0 Å². The van der Waals surface area contributed by atoms with Crippen LogP contribution < -0.4 is 5.73 Å². The van der Waals surface area contributed by atoms with Gasteiger partial charge in [0, 0.05) is 10.9 Å². The fourth-order valence-electron chi connectivity index (χ4n) is 2.45. The van der Waals surface area contributed by atoms with Crippen molar-refractivity contribution in [3.8, 4) is 0 Å². The van der Waals surface area contributed by atoms with Gasteiger partial charge in [-0.15, -0.1) is 0 Å². The first kappa shape index (κ1) is 15.7. The third-order valence-electron chi connectivity index (χ3n) is 3.50. The molecule has 0 aromatic heterocycles. The predicted octanol–water partition coefficient (Wildman–Crippen LogP) is 0.275. The summed E-state index contributed by atoms with van der Waals surface area (Å²) in [6.07, 6.45) is 1.84. The molecule has 8 heteroatoms. The summed E-state index contributed by atoms with van der Waals surface area (Å²) in [5.41, 5.74) is 6.05. The molecule has 0 aromatic rings. The maximum Gasteiger partial charge on any atom is 0.353 e. The second kappa shape index (κ2) is 5.97. The van der Waals surface area contributed by atoms with Gasteiger partial charge in [0.25, 0.3) is 0 Å². The number of hydrogen-bond acceptors (Lipinski definition) is 6. The summed E-state index contributed by atoms with van der Waals surface area (Å²) in [7, 11) is 0. The molecular weight excluding hydrogens is 300 g/mol. The van der Waals surface area contributed by atoms with E-state index in [1.54, 1.807) is 18.7 Å². The Morgan fingerprint density at radius 1 is 1.60 bits per heavy atom. The van der Waals surface area contributed by atoms with Crippen LogP contribution in [0.3, 0.4) is 0 Å². The molecule has 0 aromatic carbocycles. The largest absolute Gasteiger partial charge is 0.477 e. The summed E-state index contributed by atoms with van der Waals surface area (Å²) in [5, 5.41) is 18.6. The molecule has 2 aliphatic rings. The molecule has 20 heavy (non-hydrogen) atoms. The van der Waals surface area contributed by atoms with Gasteiger partial charge in [0.1, 0.15) is 11.1 Å². The Kier molecular flexibility index (Phi) is 4.68. The van der Waals surface area contributed by atoms with Crippen LogP contribution >= 0.6 is 23.5 Å². The predicted molar refractivity (Wildman–Crippen MR) is 79.0 cm³/mol. The lowest BCUT2D eigenvalue weighted by Crippen LogP contribution is -2.60. The van der Waals surface area contributed by atoms with Crippen molar-refractivity contribution < 1.29 is 19.8 Å². The van der Waals surface area contributed by atoms with Crippen LogP contribution in [0.15, 0.2) is 10.6 Å². The van der Waals surface area contributed by atoms with E-state index < -0.39 is 18.0 Å². The zero-order valence-corrected chi connectivity index (χ0v) is 12.9. The van der Waals surface area contributed by atoms with E-state index in [4.69, 9.17) is 5.73 Å². The maximum atomic E-state index is 12.0. The number of carboxylic acid groups (broad SMARTS) is 1. The smallest absolute Gasteiger partial charge is 0.353 e. The van der Waals surface area contributed by atoms with Crippen molar-refractivity contribution in [2.75, 3.05) is 12.0 Å². The van der Waals surface area contributed by atoms with Crippen LogP contribution in [0.5, 0.6) is 0 Å². The van der Waals surface area contributed by atoms with Crippen LogP contribution in [0.2, 0.25) is 0 Å². The quantitative estimate of drug-likeness (QED) is 0.604. The third kappa shape index (κ3) is 2.45. The van der Waals surface area contributed by atoms with Gasteiger partial charge in [-0.05, 0) is 25.4 Å². The van der Waals surface area contributed by atoms with Gasteiger partial charge < -0.3 is 15.9 Å². The van der Waals surface area contributed by atoms with Gasteiger partial charge in [-0.25, -0.2) is 4.79 Å². The Labute approximate surface area is 125 Å². The molecule has 0 aliphatic carbocycles. The Morgan fingerprint density at radius 2 is 2.25 bits per heavy atom. The van der Waals surface area contributed by atoms with Crippen LogP contribution in [0.25, 0.3) is 0 Å². The third-order valence-corrected chi connectivity index (χ3v) is 5.64. The molecule has 2 heterocycles. The number of nitrogens with zero attached hydrogens (tertiary/aromatic N) is 1. The molecule has 6 nitrogen and oxygen atoms in total. The summed E-state index contributed by atoms with van der Waals surface area (Å²) in [5.74, 6) is -1.18. The molecule has 1 amide bonds. The Balaban J connectivity index is 2.23. The number of aliphatic hydroxyl groups is 1. The molecule has 1 saturated heterocycles. The van der Waals surface area contributed by atoms with Gasteiger partial charge in [0.2, 0.25) is 5.91 Å². The number of aliphatic hydroxyl groups excluding tert-OH is 1. The highest BCUT2D eigenvalue weighted by atomic mass is 32.2. The number of fused-ring (bicyclic) bond motifs is 1. The van der Waals surface area contributed by atoms with Crippen molar-refractivity contribution in [1.29, 1.82) is 0 Å². The van der Waals surface area contributed by atoms with Gasteiger partial charge in [-0.3, -0.25) is 9.69 Å². The number of carbonyl (C=O) groups is 2. The minimum atomic E-state index is -1.13. The standard InChI is InChI=1S/C12H18N2O4S2/c1-5(15)7-10(16)14-8(12(17)18)9(20-11(7)14)6(13)3-4-19-2/h5-7,11,15H,3-4,13H2,1-2H3,(H,17,18)/t5-,6-,7+,11-/m1/s1. The molecular formula is C12H18N2O4S2. The minimum absolute atomic E-state index is 0.00416. The number of carboxylic acids is 1. The lowest BCUT2D eigenvalue weighted by molar-refractivity contribution is -0.156. The number of β-lactam (4-membered cyclic amide) rings is 1. The van der Waals surface area contributed by atoms with Crippen LogP contribution in [0, 0.1) is 5.92 Å². The Hall–Kier alpha value is -0.700. The fraction of sp³-hybridized carbons (Fsp3) is 0.667. The van der Waals surface area contributed by atoms with E-state index in [9.17, 15) is 19.8 Å². The van der Waals surface area contributed by atoms with E-state index in [-0.39, 0.29) is 23.0 Å². The highest BCUT2D eigenvalue weighted by Gasteiger charge is 2.58. The topological polar surface area (TPSA) is 104 Å². The maximum absolute atomic E-state index is 12.0. The van der Waals surface area contributed by atoms with Crippen molar-refractivity contribution in [2.24, 2.45) is 11.7 Å². The summed E-state index contributed by atoms with van der Waals surface area (Å²) < 4.78 is 0. The molecule has 1 fully saturated rings. The molecule has 4 N–H and O–H groups in total. The van der Waals surface area contributed by atoms with Crippen LogP contribution in [-0.4, -0.2) is 56.5 Å². The van der Waals surface area contributed by atoms with Crippen LogP contribution in [-0.2, 0) is 9.59 Å². The van der Waals surface area contributed by atoms with Gasteiger partial charge in [0.15, 0.2) is 0 Å². The van der Waals surface area contributed by atoms with Gasteiger partial charge >= 0.3 is 5.97 Å². The van der Waals surface area contributed by atoms with Crippen molar-refractivity contribution >= 4 is 35.4 Å². The van der Waals surface area contributed by atoms with Crippen LogP contribution in [0.1, 0.15) is 13.3 Å². The van der Waals surface area contributed by atoms with Gasteiger partial charge in [-0.2, -0.15) is 11.8 Å². The average molecular weight is 318 g/mol. The molecule has 0 saturated carbocycles. The van der Waals surface area contributed by atoms with E-state index in [0.717, 1.165) is 5.75 Å². The first-order valence-electron chi connectivity index (χ1n) is 6.30. The Bertz CT molecular complexity index is 466. The van der Waals surface area contributed by atoms with Crippen molar-refractivity contribution in [3.63, 3.8) is 0 Å². The lowest BCUT2D eigenvalue weighted by atomic mass is 9.92. The van der Waals surface area contributed by atoms with E-state index >= 15 is 0 Å². The summed E-state index contributed by atoms with van der Waals surface area (Å²) in [4.78, 5) is 25.2. The Morgan fingerprint density at radius 3 is 2.75 bits per heavy atom. The fourth-order valence-corrected chi connectivity index (χ4v) is 4.59. The molecule has 0 radical (unpaired) electrons. The number of nitrogens with two attached hydrogens (primary N) is 1. The second-order valence-electron chi connectivity index (χ2n) is 4.89. The average Bonchev–Trinajstić information content (AvgIpc) is 2.70. The van der Waals surface area contributed by atoms with Crippen molar-refractivity contribution in [3.05, 3.63) is 10.6 Å². The molecule has 112 valence electrons. The molecule has 2 aliphatic heterocycles. The molecule has 4 atom stereocenters. The number of carbonyl (C=O) groups excluding carboxylic acids is 1. The highest BCUT2D eigenvalue weighted by Crippen LogP contribution is 2.51. The van der Waals surface area contributed by atoms with Crippen LogP contribution in [0.4, 0.5) is 0 Å². The normalized spacial score (nSPS) is 28.2. The van der Waals surface area contributed by atoms with Crippen molar-refractivity contribution in [1.82, 2.24) is 4.90 Å². The summed E-state index contributed by atoms with van der Waals surface area (Å²) in [6.45, 7) is 1.55. The number of aliphatic carboxylic acids is 1. The molecule has 0 unspecified atom stereocenters. The van der Waals surface area contributed by atoms with E-state index in [1.165, 1.54) is 16.7 Å². The van der Waals surface area contributed by atoms with E-state index in [1.807, 2.05) is 6.26 Å². The molecule has 0 spiro atoms. The zero-order chi connectivity index (χ0) is 15.0. The number of rotatable bonds is 6. The summed E-state index contributed by atoms with van der Waals surface area (Å²) >= 11 is 2.95. The highest BCUT2D eigenvalue weighted by molar-refractivity contribution is 8.04. The monoisotopic (exact) mass is 318 g/mol. The SMILES string of the molecule is CSCC[C@@H](N)C1=C(C(=O)O)N2C(=O)[C@H]([C@@H](C)O)[C@H]2S1. The zero-order valence-electron chi connectivity index (χ0n) is 11.3. The summed E-state index contributed by atoms with van der Waals surface area (Å²) in [6, 6.07) is -0.383. The second-order valence-corrected chi connectivity index (χ2v) is 7.03. The van der Waals surface area contributed by atoms with Crippen molar-refractivity contribution in [2.45, 2.75) is 30.9 Å². The minimum Gasteiger partial charge on any atom is -0.477 e.